The van der Waals surface area contributed by atoms with Crippen molar-refractivity contribution in [2.45, 2.75) is 152 Å². The minimum Gasteiger partial charge on any atom is -0.347 e. The molecule has 6 N–H and O–H groups in total. The Bertz CT molecular complexity index is 2510. The zero-order valence-corrected chi connectivity index (χ0v) is 49.8. The number of thioether (sulfide) groups is 2. The molecule has 0 saturated carbocycles. The molecule has 3 aromatic carbocycles. The van der Waals surface area contributed by atoms with Gasteiger partial charge in [-0.3, -0.25) is 38.4 Å². The lowest BCUT2D eigenvalue weighted by atomic mass is 9.85. The quantitative estimate of drug-likeness (QED) is 0.0705. The number of likely N-dealkylation sites (tertiary alicyclic amines) is 2. The van der Waals surface area contributed by atoms with Gasteiger partial charge in [-0.25, -0.2) is 0 Å². The number of likely N-dealkylation sites (N-methyl/N-ethyl adjacent to an activating group) is 2. The summed E-state index contributed by atoms with van der Waals surface area (Å²) in [5.41, 5.74) is 1.20. The molecule has 16 nitrogen and oxygen atoms in total. The van der Waals surface area contributed by atoms with Crippen LogP contribution in [0.5, 0.6) is 0 Å². The van der Waals surface area contributed by atoms with Gasteiger partial charge in [-0.2, -0.15) is 0 Å². The number of rotatable bonds is 18. The molecule has 20 heteroatoms. The zero-order valence-electron chi connectivity index (χ0n) is 46.6. The Morgan fingerprint density at radius 3 is 1.29 bits per heavy atom. The predicted molar refractivity (Wildman–Crippen MR) is 311 cm³/mol. The molecule has 2 fully saturated rings. The van der Waals surface area contributed by atoms with Gasteiger partial charge in [0.05, 0.1) is 24.2 Å². The van der Waals surface area contributed by atoms with Crippen LogP contribution in [-0.4, -0.2) is 132 Å². The zero-order chi connectivity index (χ0) is 55.2. The number of carbonyl (C=O) groups excluding carboxylic acids is 8. The van der Waals surface area contributed by atoms with Crippen molar-refractivity contribution >= 4 is 95.3 Å². The van der Waals surface area contributed by atoms with Crippen molar-refractivity contribution < 1.29 is 38.4 Å². The van der Waals surface area contributed by atoms with E-state index in [0.29, 0.717) is 24.0 Å². The molecule has 426 valence electrons. The van der Waals surface area contributed by atoms with Gasteiger partial charge >= 0.3 is 0 Å². The van der Waals surface area contributed by atoms with Crippen LogP contribution in [0.25, 0.3) is 0 Å². The molecule has 78 heavy (non-hydrogen) atoms. The summed E-state index contributed by atoms with van der Waals surface area (Å²) in [6, 6.07) is 17.1. The highest BCUT2D eigenvalue weighted by atomic mass is 35.5. The SMILES string of the molecule is CN[C@@H](C)C(=O)N[C@H](C(=O)N1C[C@@H](CC(=O)c2cccc(C(=O)C[C@H]3C[C@@H](C(=O)NC4CCSc5ccccc54)N(C(=O)[C@@H](NC(=O)[C@H](C)NC)C(C)(C)C)C3)c2)C[C@H]1C(=O)NC1CCSc2ccccc21)C(C)(C)C.Cl.Cl. The van der Waals surface area contributed by atoms with Gasteiger partial charge in [-0.1, -0.05) is 96.1 Å². The first-order valence-corrected chi connectivity index (χ1v) is 28.7. The Morgan fingerprint density at radius 1 is 0.564 bits per heavy atom. The Hall–Kier alpha value is -4.98. The fourth-order valence-electron chi connectivity index (χ4n) is 10.7. The summed E-state index contributed by atoms with van der Waals surface area (Å²) in [6.45, 7) is 14.8. The van der Waals surface area contributed by atoms with Gasteiger partial charge in [0.25, 0.3) is 0 Å². The topological polar surface area (TPSA) is 215 Å². The van der Waals surface area contributed by atoms with E-state index in [2.05, 4.69) is 31.9 Å². The Balaban J connectivity index is 0.00000560. The third kappa shape index (κ3) is 15.3. The van der Waals surface area contributed by atoms with Gasteiger partial charge in [0.1, 0.15) is 24.2 Å². The van der Waals surface area contributed by atoms with Gasteiger partial charge in [0.15, 0.2) is 11.6 Å². The smallest absolute Gasteiger partial charge is 0.246 e. The molecule has 0 bridgehead atoms. The molecule has 2 unspecified atom stereocenters. The van der Waals surface area contributed by atoms with E-state index in [-0.39, 0.29) is 111 Å². The Labute approximate surface area is 481 Å². The van der Waals surface area contributed by atoms with E-state index in [4.69, 9.17) is 0 Å². The second-order valence-electron chi connectivity index (χ2n) is 23.2. The molecule has 0 aromatic heterocycles. The largest absolute Gasteiger partial charge is 0.347 e. The second kappa shape index (κ2) is 27.5. The molecule has 2 saturated heterocycles. The predicted octanol–water partition coefficient (Wildman–Crippen LogP) is 7.09. The molecular formula is C58H80Cl2N8O8S2. The van der Waals surface area contributed by atoms with E-state index < -0.39 is 70.7 Å². The van der Waals surface area contributed by atoms with E-state index in [1.165, 1.54) is 9.80 Å². The summed E-state index contributed by atoms with van der Waals surface area (Å²) in [4.78, 5) is 119. The number of benzene rings is 3. The lowest BCUT2D eigenvalue weighted by molar-refractivity contribution is -0.144. The fourth-order valence-corrected chi connectivity index (χ4v) is 12.9. The monoisotopic (exact) mass is 1150 g/mol. The number of hydrogen-bond acceptors (Lipinski definition) is 12. The van der Waals surface area contributed by atoms with Gasteiger partial charge in [-0.15, -0.1) is 48.3 Å². The number of Topliss-reactive ketones (excluding diaryl/α,β-unsaturated/α-hetero) is 2. The number of nitrogens with zero attached hydrogens (tertiary/aromatic N) is 2. The van der Waals surface area contributed by atoms with Crippen molar-refractivity contribution in [2.24, 2.45) is 22.7 Å². The lowest BCUT2D eigenvalue weighted by Gasteiger charge is -2.36. The summed E-state index contributed by atoms with van der Waals surface area (Å²) in [6.07, 6.45) is 1.85. The van der Waals surface area contributed by atoms with Crippen LogP contribution >= 0.6 is 48.3 Å². The van der Waals surface area contributed by atoms with Crippen LogP contribution in [0.1, 0.15) is 138 Å². The molecule has 0 spiro atoms. The highest BCUT2D eigenvalue weighted by Gasteiger charge is 2.48. The van der Waals surface area contributed by atoms with Gasteiger partial charge in [0.2, 0.25) is 35.4 Å². The first kappa shape index (κ1) is 63.8. The first-order valence-electron chi connectivity index (χ1n) is 26.8. The molecule has 10 atom stereocenters. The Kier molecular flexibility index (Phi) is 22.5. The maximum absolute atomic E-state index is 14.7. The van der Waals surface area contributed by atoms with Crippen molar-refractivity contribution in [3.8, 4) is 0 Å². The van der Waals surface area contributed by atoms with Crippen LogP contribution < -0.4 is 31.9 Å². The van der Waals surface area contributed by atoms with Crippen molar-refractivity contribution in [2.75, 3.05) is 38.7 Å². The standard InChI is InChI=1S/C58H78N8O8S2.2ClH/c1-33(59-9)51(69)63-49(57(3,4)5)55(73)65-31-35(26-43(65)53(71)61-41-22-24-75-47-20-13-11-18-39(41)47)28-45(67)37-16-15-17-38(30-37)46(68)29-36-27-44(54(72)62-42-23-25-76-48-21-14-12-19-40(42)48)66(32-36)56(74)50(58(6,7)8)64-52(70)34(2)60-10;;/h11-21,30,33-36,41-44,49-50,59-60H,22-29,31-32H2,1-10H3,(H,61,71)(H,62,72)(H,63,69)(H,64,70);2*1H/t33-,34-,35+,36+,41?,42?,43-,44-,49+,50+;;/m0../s1. The molecule has 0 radical (unpaired) electrons. The van der Waals surface area contributed by atoms with E-state index in [1.807, 2.05) is 90.1 Å². The highest BCUT2D eigenvalue weighted by molar-refractivity contribution is 7.99. The minimum absolute atomic E-state index is 0. The average molecular weight is 1150 g/mol. The van der Waals surface area contributed by atoms with Crippen LogP contribution in [0.15, 0.2) is 82.6 Å². The average Bonchev–Trinajstić information content (AvgIpc) is 4.03. The van der Waals surface area contributed by atoms with Gasteiger partial charge in [0, 0.05) is 58.4 Å². The molecule has 7 rings (SSSR count). The maximum Gasteiger partial charge on any atom is 0.246 e. The van der Waals surface area contributed by atoms with Gasteiger partial charge in [-0.05, 0) is 106 Å². The number of fused-ring (bicyclic) bond motifs is 2. The number of ketones is 2. The number of carbonyl (C=O) groups is 8. The normalized spacial score (nSPS) is 22.4. The van der Waals surface area contributed by atoms with Crippen LogP contribution in [0.3, 0.4) is 0 Å². The molecule has 4 heterocycles. The number of nitrogens with one attached hydrogen (secondary N) is 6. The molecule has 4 aliphatic rings. The van der Waals surface area contributed by atoms with E-state index in [9.17, 15) is 38.4 Å². The molecule has 4 aliphatic heterocycles. The van der Waals surface area contributed by atoms with Crippen molar-refractivity contribution in [3.63, 3.8) is 0 Å². The summed E-state index contributed by atoms with van der Waals surface area (Å²) < 4.78 is 0. The highest BCUT2D eigenvalue weighted by Crippen LogP contribution is 2.39. The van der Waals surface area contributed by atoms with E-state index in [0.717, 1.165) is 32.4 Å². The second-order valence-corrected chi connectivity index (χ2v) is 25.4. The summed E-state index contributed by atoms with van der Waals surface area (Å²) in [7, 11) is 3.32. The third-order valence-electron chi connectivity index (χ3n) is 15.4. The summed E-state index contributed by atoms with van der Waals surface area (Å²) >= 11 is 3.47. The molecule has 0 aliphatic carbocycles. The molecule has 6 amide bonds. The van der Waals surface area contributed by atoms with Crippen LogP contribution in [-0.2, 0) is 28.8 Å². The molecule has 3 aromatic rings. The first-order chi connectivity index (χ1) is 36.0. The Morgan fingerprint density at radius 2 is 0.936 bits per heavy atom. The molecular weight excluding hydrogens is 1070 g/mol. The van der Waals surface area contributed by atoms with Crippen molar-refractivity contribution in [1.29, 1.82) is 0 Å². The number of amides is 6. The van der Waals surface area contributed by atoms with Crippen LogP contribution in [0.2, 0.25) is 0 Å². The number of hydrogen-bond donors (Lipinski definition) is 6. The van der Waals surface area contributed by atoms with E-state index in [1.54, 1.807) is 75.7 Å². The minimum atomic E-state index is -0.966. The number of halogens is 2. The van der Waals surface area contributed by atoms with Crippen molar-refractivity contribution in [3.05, 3.63) is 95.1 Å². The fraction of sp³-hybridized carbons (Fsp3) is 0.552. The van der Waals surface area contributed by atoms with Crippen molar-refractivity contribution in [1.82, 2.24) is 41.7 Å². The summed E-state index contributed by atoms with van der Waals surface area (Å²) in [5, 5.41) is 18.2. The third-order valence-corrected chi connectivity index (χ3v) is 17.6. The maximum atomic E-state index is 14.7. The lowest BCUT2D eigenvalue weighted by Crippen LogP contribution is -2.59. The van der Waals surface area contributed by atoms with Crippen LogP contribution in [0.4, 0.5) is 0 Å². The van der Waals surface area contributed by atoms with E-state index >= 15 is 0 Å². The van der Waals surface area contributed by atoms with Crippen LogP contribution in [0, 0.1) is 22.7 Å². The summed E-state index contributed by atoms with van der Waals surface area (Å²) in [5.74, 6) is -1.86. The van der Waals surface area contributed by atoms with Gasteiger partial charge < -0.3 is 41.7 Å².